The number of rotatable bonds is 7. The molecule has 2 N–H and O–H groups in total. The molecule has 1 aliphatic rings. The topological polar surface area (TPSA) is 73.9 Å². The van der Waals surface area contributed by atoms with Crippen molar-refractivity contribution in [3.05, 3.63) is 95.1 Å². The van der Waals surface area contributed by atoms with Crippen molar-refractivity contribution < 1.29 is 4.79 Å². The molecule has 0 saturated carbocycles. The van der Waals surface area contributed by atoms with Crippen molar-refractivity contribution in [3.8, 4) is 0 Å². The van der Waals surface area contributed by atoms with E-state index < -0.39 is 0 Å². The van der Waals surface area contributed by atoms with Crippen LogP contribution in [0.1, 0.15) is 54.0 Å². The second-order valence-corrected chi connectivity index (χ2v) is 8.74. The van der Waals surface area contributed by atoms with Gasteiger partial charge in [0.1, 0.15) is 5.82 Å². The average molecular weight is 440 g/mol. The molecule has 0 aliphatic heterocycles. The van der Waals surface area contributed by atoms with Crippen LogP contribution < -0.4 is 5.32 Å². The van der Waals surface area contributed by atoms with Crippen LogP contribution in [0.4, 0.5) is 0 Å². The number of fused-ring (bicyclic) bond motifs is 2. The maximum Gasteiger partial charge on any atom is 0.217 e. The van der Waals surface area contributed by atoms with Crippen molar-refractivity contribution in [1.29, 1.82) is 0 Å². The van der Waals surface area contributed by atoms with Gasteiger partial charge in [-0.25, -0.2) is 4.98 Å². The first-order valence-electron chi connectivity index (χ1n) is 11.6. The first-order chi connectivity index (χ1) is 16.2. The van der Waals surface area contributed by atoms with Gasteiger partial charge in [-0.1, -0.05) is 42.5 Å². The third kappa shape index (κ3) is 4.81. The number of carbonyl (C=O) groups is 1. The van der Waals surface area contributed by atoms with E-state index in [1.54, 1.807) is 6.92 Å². The van der Waals surface area contributed by atoms with Gasteiger partial charge in [-0.3, -0.25) is 14.7 Å². The van der Waals surface area contributed by atoms with Gasteiger partial charge in [0.15, 0.2) is 0 Å². The summed E-state index contributed by atoms with van der Waals surface area (Å²) in [7, 11) is 0. The van der Waals surface area contributed by atoms with E-state index >= 15 is 0 Å². The SMILES string of the molecule is CC(=O)NCc1ccccc1CN(Cc1nc2ccccc2[nH]1)C1CCCc2cccnc21. The van der Waals surface area contributed by atoms with E-state index in [9.17, 15) is 4.79 Å². The van der Waals surface area contributed by atoms with E-state index in [0.29, 0.717) is 13.1 Å². The third-order valence-corrected chi connectivity index (χ3v) is 6.42. The number of benzene rings is 2. The second kappa shape index (κ2) is 9.55. The predicted molar refractivity (Wildman–Crippen MR) is 129 cm³/mol. The van der Waals surface area contributed by atoms with Gasteiger partial charge in [-0.2, -0.15) is 0 Å². The van der Waals surface area contributed by atoms with E-state index in [-0.39, 0.29) is 11.9 Å². The number of aromatic nitrogens is 3. The lowest BCUT2D eigenvalue weighted by Crippen LogP contribution is -2.32. The van der Waals surface area contributed by atoms with Crippen molar-refractivity contribution in [2.75, 3.05) is 0 Å². The van der Waals surface area contributed by atoms with Gasteiger partial charge in [-0.15, -0.1) is 0 Å². The van der Waals surface area contributed by atoms with Crippen LogP contribution in [0.3, 0.4) is 0 Å². The molecular weight excluding hydrogens is 410 g/mol. The predicted octanol–water partition coefficient (Wildman–Crippen LogP) is 4.67. The number of carbonyl (C=O) groups excluding carboxylic acids is 1. The molecule has 0 radical (unpaired) electrons. The van der Waals surface area contributed by atoms with E-state index in [1.807, 2.05) is 36.5 Å². The van der Waals surface area contributed by atoms with E-state index in [0.717, 1.165) is 48.2 Å². The molecule has 1 amide bonds. The number of H-pyrrole nitrogens is 1. The van der Waals surface area contributed by atoms with Gasteiger partial charge in [0.05, 0.1) is 29.3 Å². The number of para-hydroxylation sites is 2. The summed E-state index contributed by atoms with van der Waals surface area (Å²) >= 11 is 0. The third-order valence-electron chi connectivity index (χ3n) is 6.42. The van der Waals surface area contributed by atoms with Crippen LogP contribution >= 0.6 is 0 Å². The molecule has 168 valence electrons. The second-order valence-electron chi connectivity index (χ2n) is 8.74. The van der Waals surface area contributed by atoms with E-state index in [4.69, 9.17) is 9.97 Å². The lowest BCUT2D eigenvalue weighted by Gasteiger charge is -2.35. The fourth-order valence-corrected chi connectivity index (χ4v) is 4.81. The summed E-state index contributed by atoms with van der Waals surface area (Å²) in [5.74, 6) is 0.938. The maximum atomic E-state index is 11.5. The van der Waals surface area contributed by atoms with Crippen LogP contribution in [0.2, 0.25) is 0 Å². The van der Waals surface area contributed by atoms with Crippen molar-refractivity contribution in [2.45, 2.75) is 51.9 Å². The molecule has 1 unspecified atom stereocenters. The fraction of sp³-hybridized carbons (Fsp3) is 0.296. The zero-order valence-corrected chi connectivity index (χ0v) is 18.9. The van der Waals surface area contributed by atoms with Crippen molar-refractivity contribution in [1.82, 2.24) is 25.2 Å². The highest BCUT2D eigenvalue weighted by molar-refractivity contribution is 5.74. The fourth-order valence-electron chi connectivity index (χ4n) is 4.81. The molecular formula is C27H29N5O. The van der Waals surface area contributed by atoms with Gasteiger partial charge in [-0.05, 0) is 54.2 Å². The number of aryl methyl sites for hydroxylation is 1. The molecule has 1 aliphatic carbocycles. The zero-order chi connectivity index (χ0) is 22.6. The minimum Gasteiger partial charge on any atom is -0.352 e. The monoisotopic (exact) mass is 439 g/mol. The van der Waals surface area contributed by atoms with Crippen LogP contribution in [-0.4, -0.2) is 25.8 Å². The molecule has 0 spiro atoms. The van der Waals surface area contributed by atoms with E-state index in [1.165, 1.54) is 16.8 Å². The lowest BCUT2D eigenvalue weighted by molar-refractivity contribution is -0.119. The van der Waals surface area contributed by atoms with Crippen LogP contribution in [-0.2, 0) is 30.8 Å². The summed E-state index contributed by atoms with van der Waals surface area (Å²) in [6.45, 7) is 3.54. The highest BCUT2D eigenvalue weighted by Gasteiger charge is 2.28. The minimum absolute atomic E-state index is 0.0191. The Morgan fingerprint density at radius 2 is 1.88 bits per heavy atom. The minimum atomic E-state index is -0.0191. The molecule has 2 aromatic carbocycles. The molecule has 1 atom stereocenters. The van der Waals surface area contributed by atoms with Crippen molar-refractivity contribution in [3.63, 3.8) is 0 Å². The number of pyridine rings is 1. The summed E-state index contributed by atoms with van der Waals surface area (Å²) in [6, 6.07) is 21.0. The number of hydrogen-bond acceptors (Lipinski definition) is 4. The Labute approximate surface area is 194 Å². The van der Waals surface area contributed by atoms with Crippen LogP contribution in [0.5, 0.6) is 0 Å². The van der Waals surface area contributed by atoms with Gasteiger partial charge in [0.2, 0.25) is 5.91 Å². The molecule has 2 aromatic heterocycles. The molecule has 0 bridgehead atoms. The zero-order valence-electron chi connectivity index (χ0n) is 18.9. The largest absolute Gasteiger partial charge is 0.352 e. The molecule has 0 saturated heterocycles. The number of nitrogens with zero attached hydrogens (tertiary/aromatic N) is 3. The van der Waals surface area contributed by atoms with Gasteiger partial charge in [0, 0.05) is 26.2 Å². The van der Waals surface area contributed by atoms with Gasteiger partial charge in [0.25, 0.3) is 0 Å². The normalized spacial score (nSPS) is 15.5. The summed E-state index contributed by atoms with van der Waals surface area (Å²) < 4.78 is 0. The highest BCUT2D eigenvalue weighted by atomic mass is 16.1. The van der Waals surface area contributed by atoms with Crippen molar-refractivity contribution in [2.24, 2.45) is 0 Å². The smallest absolute Gasteiger partial charge is 0.217 e. The summed E-state index contributed by atoms with van der Waals surface area (Å²) in [6.07, 6.45) is 5.20. The Balaban J connectivity index is 1.49. The Kier molecular flexibility index (Phi) is 6.17. The first kappa shape index (κ1) is 21.3. The van der Waals surface area contributed by atoms with Gasteiger partial charge >= 0.3 is 0 Å². The van der Waals surface area contributed by atoms with Crippen LogP contribution in [0.25, 0.3) is 11.0 Å². The number of nitrogens with one attached hydrogen (secondary N) is 2. The molecule has 2 heterocycles. The molecule has 6 heteroatoms. The first-order valence-corrected chi connectivity index (χ1v) is 11.6. The maximum absolute atomic E-state index is 11.5. The lowest BCUT2D eigenvalue weighted by atomic mass is 9.90. The Morgan fingerprint density at radius 1 is 1.06 bits per heavy atom. The molecule has 4 aromatic rings. The standard InChI is InChI=1S/C27H29N5O/c1-19(33)29-16-21-8-2-3-9-22(21)17-32(18-26-30-23-12-4-5-13-24(23)31-26)25-14-6-10-20-11-7-15-28-27(20)25/h2-5,7-9,11-13,15,25H,6,10,14,16-18H2,1H3,(H,29,33)(H,30,31). The number of hydrogen-bond donors (Lipinski definition) is 2. The summed E-state index contributed by atoms with van der Waals surface area (Å²) in [5, 5.41) is 2.95. The average Bonchev–Trinajstić information content (AvgIpc) is 3.25. The van der Waals surface area contributed by atoms with E-state index in [2.05, 4.69) is 45.5 Å². The Bertz CT molecular complexity index is 1230. The Hall–Kier alpha value is -3.51. The molecule has 5 rings (SSSR count). The highest BCUT2D eigenvalue weighted by Crippen LogP contribution is 2.35. The number of aromatic amines is 1. The van der Waals surface area contributed by atoms with Crippen LogP contribution in [0, 0.1) is 0 Å². The number of imidazole rings is 1. The van der Waals surface area contributed by atoms with Gasteiger partial charge < -0.3 is 10.3 Å². The number of amides is 1. The summed E-state index contributed by atoms with van der Waals surface area (Å²) in [4.78, 5) is 27.2. The molecule has 33 heavy (non-hydrogen) atoms. The quantitative estimate of drug-likeness (QED) is 0.439. The molecule has 0 fully saturated rings. The van der Waals surface area contributed by atoms with Crippen molar-refractivity contribution >= 4 is 16.9 Å². The summed E-state index contributed by atoms with van der Waals surface area (Å²) in [5.41, 5.74) is 6.92. The molecule has 6 nitrogen and oxygen atoms in total. The van der Waals surface area contributed by atoms with Crippen LogP contribution in [0.15, 0.2) is 66.9 Å². The Morgan fingerprint density at radius 3 is 2.73 bits per heavy atom.